The monoisotopic (exact) mass is 361 g/mol. The van der Waals surface area contributed by atoms with E-state index in [1.54, 1.807) is 24.3 Å². The first kappa shape index (κ1) is 17.7. The largest absolute Gasteiger partial charge is 0.506 e. The summed E-state index contributed by atoms with van der Waals surface area (Å²) < 4.78 is 0. The van der Waals surface area contributed by atoms with Crippen LogP contribution >= 0.6 is 23.2 Å². The van der Waals surface area contributed by atoms with E-state index in [0.717, 1.165) is 5.56 Å². The molecule has 0 heterocycles. The second-order valence-electron chi connectivity index (χ2n) is 4.89. The molecule has 0 aliphatic rings. The van der Waals surface area contributed by atoms with Gasteiger partial charge in [0.05, 0.1) is 5.69 Å². The summed E-state index contributed by atoms with van der Waals surface area (Å²) >= 11 is 11.7. The summed E-state index contributed by atoms with van der Waals surface area (Å²) in [5.41, 5.74) is 1.43. The van der Waals surface area contributed by atoms with E-state index in [9.17, 15) is 9.90 Å². The highest BCUT2D eigenvalue weighted by atomic mass is 35.5. The van der Waals surface area contributed by atoms with Crippen LogP contribution in [-0.4, -0.2) is 11.0 Å². The van der Waals surface area contributed by atoms with E-state index in [1.807, 2.05) is 6.92 Å². The number of amides is 1. The fourth-order valence-corrected chi connectivity index (χ4v) is 2.19. The van der Waals surface area contributed by atoms with Gasteiger partial charge in [-0.05, 0) is 42.8 Å². The van der Waals surface area contributed by atoms with Gasteiger partial charge in [-0.15, -0.1) is 0 Å². The molecule has 122 valence electrons. The number of phenolic OH excluding ortho intramolecular Hbond substituents is 1. The van der Waals surface area contributed by atoms with Crippen LogP contribution in [0.25, 0.3) is 0 Å². The average Bonchev–Trinajstić information content (AvgIpc) is 2.54. The summed E-state index contributed by atoms with van der Waals surface area (Å²) in [7, 11) is 0. The Morgan fingerprint density at radius 2 is 1.79 bits per heavy atom. The van der Waals surface area contributed by atoms with Gasteiger partial charge in [-0.2, -0.15) is 5.26 Å². The second kappa shape index (κ2) is 7.73. The fourth-order valence-electron chi connectivity index (χ4n) is 1.84. The highest BCUT2D eigenvalue weighted by molar-refractivity contribution is 6.31. The maximum absolute atomic E-state index is 12.2. The molecule has 24 heavy (non-hydrogen) atoms. The lowest BCUT2D eigenvalue weighted by Crippen LogP contribution is -2.15. The van der Waals surface area contributed by atoms with Crippen molar-refractivity contribution >= 4 is 40.5 Å². The van der Waals surface area contributed by atoms with Crippen molar-refractivity contribution in [2.45, 2.75) is 6.92 Å². The average molecular weight is 362 g/mol. The van der Waals surface area contributed by atoms with E-state index in [1.165, 1.54) is 24.4 Å². The van der Waals surface area contributed by atoms with Gasteiger partial charge in [-0.25, -0.2) is 0 Å². The molecule has 2 aromatic carbocycles. The molecule has 3 N–H and O–H groups in total. The third-order valence-electron chi connectivity index (χ3n) is 3.14. The van der Waals surface area contributed by atoms with Crippen molar-refractivity contribution in [2.75, 3.05) is 10.6 Å². The zero-order valence-electron chi connectivity index (χ0n) is 12.6. The Morgan fingerprint density at radius 1 is 1.17 bits per heavy atom. The number of halogens is 2. The molecule has 1 amide bonds. The van der Waals surface area contributed by atoms with Crippen LogP contribution in [0.3, 0.4) is 0 Å². The van der Waals surface area contributed by atoms with Crippen molar-refractivity contribution in [2.24, 2.45) is 0 Å². The number of nitrogens with one attached hydrogen (secondary N) is 2. The van der Waals surface area contributed by atoms with Gasteiger partial charge < -0.3 is 15.7 Å². The van der Waals surface area contributed by atoms with Crippen LogP contribution in [0.2, 0.25) is 10.0 Å². The predicted octanol–water partition coefficient (Wildman–Crippen LogP) is 4.47. The number of benzene rings is 2. The summed E-state index contributed by atoms with van der Waals surface area (Å²) in [6, 6.07) is 11.3. The minimum atomic E-state index is -0.600. The number of aromatic hydroxyl groups is 1. The van der Waals surface area contributed by atoms with Crippen LogP contribution in [0.15, 0.2) is 48.2 Å². The lowest BCUT2D eigenvalue weighted by atomic mass is 10.2. The third-order valence-corrected chi connectivity index (χ3v) is 3.61. The summed E-state index contributed by atoms with van der Waals surface area (Å²) in [5, 5.41) is 25.1. The van der Waals surface area contributed by atoms with Gasteiger partial charge in [-0.3, -0.25) is 4.79 Å². The Bertz CT molecular complexity index is 857. The molecule has 0 atom stereocenters. The van der Waals surface area contributed by atoms with E-state index in [4.69, 9.17) is 28.5 Å². The molecule has 0 aliphatic heterocycles. The van der Waals surface area contributed by atoms with Crippen molar-refractivity contribution in [3.8, 4) is 11.8 Å². The van der Waals surface area contributed by atoms with Gasteiger partial charge in [0.25, 0.3) is 5.91 Å². The summed E-state index contributed by atoms with van der Waals surface area (Å²) in [6.45, 7) is 1.81. The molecule has 0 saturated heterocycles. The van der Waals surface area contributed by atoms with E-state index in [2.05, 4.69) is 10.6 Å². The Hall–Kier alpha value is -2.68. The summed E-state index contributed by atoms with van der Waals surface area (Å²) in [6.07, 6.45) is 1.20. The Balaban J connectivity index is 2.18. The topological polar surface area (TPSA) is 85.2 Å². The van der Waals surface area contributed by atoms with E-state index >= 15 is 0 Å². The number of carbonyl (C=O) groups is 1. The minimum Gasteiger partial charge on any atom is -0.506 e. The summed E-state index contributed by atoms with van der Waals surface area (Å²) in [4.78, 5) is 12.2. The smallest absolute Gasteiger partial charge is 0.267 e. The third kappa shape index (κ3) is 4.42. The van der Waals surface area contributed by atoms with Gasteiger partial charge in [0.2, 0.25) is 0 Å². The molecule has 0 radical (unpaired) electrons. The molecule has 2 aromatic rings. The molecular formula is C17H13Cl2N3O2. The fraction of sp³-hybridized carbons (Fsp3) is 0.0588. The predicted molar refractivity (Wildman–Crippen MR) is 95.3 cm³/mol. The first-order chi connectivity index (χ1) is 11.4. The van der Waals surface area contributed by atoms with E-state index < -0.39 is 5.91 Å². The van der Waals surface area contributed by atoms with Crippen LogP contribution in [0.5, 0.6) is 5.75 Å². The quantitative estimate of drug-likeness (QED) is 0.426. The second-order valence-corrected chi connectivity index (χ2v) is 5.76. The molecule has 0 aromatic heterocycles. The number of anilines is 2. The van der Waals surface area contributed by atoms with Crippen molar-refractivity contribution in [1.29, 1.82) is 5.26 Å². The van der Waals surface area contributed by atoms with Gasteiger partial charge in [0.1, 0.15) is 17.4 Å². The van der Waals surface area contributed by atoms with Gasteiger partial charge in [0, 0.05) is 21.9 Å². The lowest BCUT2D eigenvalue weighted by molar-refractivity contribution is -0.112. The first-order valence-electron chi connectivity index (χ1n) is 6.83. The molecule has 0 unspecified atom stereocenters. The van der Waals surface area contributed by atoms with E-state index in [-0.39, 0.29) is 17.0 Å². The van der Waals surface area contributed by atoms with Gasteiger partial charge in [-0.1, -0.05) is 29.3 Å². The number of hydrogen-bond donors (Lipinski definition) is 3. The van der Waals surface area contributed by atoms with Crippen LogP contribution in [-0.2, 0) is 4.79 Å². The molecule has 0 bridgehead atoms. The molecule has 7 heteroatoms. The van der Waals surface area contributed by atoms with Crippen molar-refractivity contribution in [3.05, 3.63) is 63.8 Å². The highest BCUT2D eigenvalue weighted by Gasteiger charge is 2.11. The zero-order valence-corrected chi connectivity index (χ0v) is 14.1. The Morgan fingerprint density at radius 3 is 2.46 bits per heavy atom. The Labute approximate surface area is 149 Å². The maximum atomic E-state index is 12.2. The maximum Gasteiger partial charge on any atom is 0.267 e. The summed E-state index contributed by atoms with van der Waals surface area (Å²) in [5.74, 6) is -0.657. The van der Waals surface area contributed by atoms with Crippen LogP contribution < -0.4 is 10.6 Å². The van der Waals surface area contributed by atoms with Crippen molar-refractivity contribution < 1.29 is 9.90 Å². The molecule has 2 rings (SSSR count). The van der Waals surface area contributed by atoms with Gasteiger partial charge in [0.15, 0.2) is 0 Å². The van der Waals surface area contributed by atoms with Crippen molar-refractivity contribution in [1.82, 2.24) is 0 Å². The Kier molecular flexibility index (Phi) is 5.69. The standard InChI is InChI=1S/C17H13Cl2N3O2/c1-10-2-3-12(18)6-14(10)22-17(24)11(8-20)9-21-15-7-13(19)4-5-16(15)23/h2-7,9,21,23H,1H3,(H,22,24)/b11-9-. The molecule has 0 spiro atoms. The minimum absolute atomic E-state index is 0.0565. The van der Waals surface area contributed by atoms with Crippen molar-refractivity contribution in [3.63, 3.8) is 0 Å². The molecule has 5 nitrogen and oxygen atoms in total. The normalized spacial score (nSPS) is 10.8. The molecule has 0 aliphatic carbocycles. The highest BCUT2D eigenvalue weighted by Crippen LogP contribution is 2.26. The van der Waals surface area contributed by atoms with Crippen LogP contribution in [0, 0.1) is 18.3 Å². The van der Waals surface area contributed by atoms with Crippen LogP contribution in [0.1, 0.15) is 5.56 Å². The number of nitrogens with zero attached hydrogens (tertiary/aromatic N) is 1. The number of hydrogen-bond acceptors (Lipinski definition) is 4. The molecule has 0 saturated carbocycles. The van der Waals surface area contributed by atoms with Gasteiger partial charge >= 0.3 is 0 Å². The van der Waals surface area contributed by atoms with E-state index in [0.29, 0.717) is 15.7 Å². The SMILES string of the molecule is Cc1ccc(Cl)cc1NC(=O)/C(C#N)=C\Nc1cc(Cl)ccc1O. The first-order valence-corrected chi connectivity index (χ1v) is 7.59. The molecule has 0 fully saturated rings. The zero-order chi connectivity index (χ0) is 17.7. The lowest BCUT2D eigenvalue weighted by Gasteiger charge is -2.09. The molecular weight excluding hydrogens is 349 g/mol. The number of phenols is 1. The van der Waals surface area contributed by atoms with Crippen LogP contribution in [0.4, 0.5) is 11.4 Å². The number of aryl methyl sites for hydroxylation is 1. The number of nitriles is 1. The number of carbonyl (C=O) groups excluding carboxylic acids is 1. The number of rotatable bonds is 4.